The fourth-order valence-electron chi connectivity index (χ4n) is 6.14. The number of aromatic nitrogens is 2. The number of carbonyl (C=O) groups is 2. The van der Waals surface area contributed by atoms with E-state index in [1.165, 1.54) is 34.1 Å². The van der Waals surface area contributed by atoms with Crippen LogP contribution in [0.2, 0.25) is 10.0 Å². The topological polar surface area (TPSA) is 96.6 Å². The largest absolute Gasteiger partial charge is 0.450 e. The van der Waals surface area contributed by atoms with Crippen molar-refractivity contribution in [3.8, 4) is 0 Å². The van der Waals surface area contributed by atoms with Gasteiger partial charge >= 0.3 is 0 Å². The van der Waals surface area contributed by atoms with Crippen LogP contribution in [0.4, 0.5) is 10.8 Å². The van der Waals surface area contributed by atoms with Crippen LogP contribution in [0.1, 0.15) is 32.8 Å². The molecular weight excluding hydrogens is 663 g/mol. The van der Waals surface area contributed by atoms with Crippen LogP contribution in [0.3, 0.4) is 0 Å². The Morgan fingerprint density at radius 1 is 0.826 bits per heavy atom. The predicted molar refractivity (Wildman–Crippen MR) is 180 cm³/mol. The van der Waals surface area contributed by atoms with Gasteiger partial charge in [-0.05, 0) is 47.5 Å². The Balaban J connectivity index is 1.33. The monoisotopic (exact) mass is 682 g/mol. The first-order chi connectivity index (χ1) is 22.4. The Bertz CT molecular complexity index is 2260. The normalized spacial score (nSPS) is 16.9. The summed E-state index contributed by atoms with van der Waals surface area (Å²) in [4.78, 5) is 46.9. The van der Waals surface area contributed by atoms with Gasteiger partial charge in [-0.3, -0.25) is 19.3 Å². The summed E-state index contributed by atoms with van der Waals surface area (Å²) in [5, 5.41) is 9.99. The van der Waals surface area contributed by atoms with Crippen LogP contribution in [0.25, 0.3) is 11.0 Å². The van der Waals surface area contributed by atoms with Gasteiger partial charge in [-0.1, -0.05) is 107 Å². The van der Waals surface area contributed by atoms with Gasteiger partial charge < -0.3 is 9.32 Å². The van der Waals surface area contributed by atoms with Crippen LogP contribution >= 0.6 is 46.3 Å². The molecule has 46 heavy (non-hydrogen) atoms. The number of nitrogens with zero attached hydrogens (tertiary/aromatic N) is 4. The number of carbonyl (C=O) groups excluding carboxylic acids is 2. The molecule has 1 atom stereocenters. The maximum atomic E-state index is 15.1. The van der Waals surface area contributed by atoms with E-state index in [1.54, 1.807) is 47.4 Å². The Morgan fingerprint density at radius 3 is 2.37 bits per heavy atom. The van der Waals surface area contributed by atoms with Crippen molar-refractivity contribution in [2.75, 3.05) is 9.80 Å². The van der Waals surface area contributed by atoms with Crippen LogP contribution in [0.15, 0.2) is 111 Å². The summed E-state index contributed by atoms with van der Waals surface area (Å²) >= 11 is 15.1. The number of hydrogen-bond donors (Lipinski definition) is 0. The zero-order valence-electron chi connectivity index (χ0n) is 23.6. The summed E-state index contributed by atoms with van der Waals surface area (Å²) in [5.41, 5.74) is 0.632. The molecule has 8 rings (SSSR count). The first-order valence-electron chi connectivity index (χ1n) is 14.1. The number of halogens is 2. The van der Waals surface area contributed by atoms with E-state index in [9.17, 15) is 9.59 Å². The number of para-hydroxylation sites is 1. The van der Waals surface area contributed by atoms with Gasteiger partial charge in [-0.2, -0.15) is 0 Å². The molecule has 0 fully saturated rings. The van der Waals surface area contributed by atoms with Gasteiger partial charge in [-0.25, -0.2) is 0 Å². The molecule has 226 valence electrons. The number of hydrogen-bond acceptors (Lipinski definition) is 8. The molecule has 0 radical (unpaired) electrons. The molecule has 12 heteroatoms. The van der Waals surface area contributed by atoms with Gasteiger partial charge in [0.2, 0.25) is 10.9 Å². The van der Waals surface area contributed by atoms with E-state index in [1.807, 2.05) is 48.5 Å². The lowest BCUT2D eigenvalue weighted by atomic mass is 9.84. The predicted octanol–water partition coefficient (Wildman–Crippen LogP) is 7.69. The highest BCUT2D eigenvalue weighted by atomic mass is 35.5. The molecule has 4 heterocycles. The summed E-state index contributed by atoms with van der Waals surface area (Å²) in [6.07, 6.45) is 0. The lowest BCUT2D eigenvalue weighted by Crippen LogP contribution is -2.53. The highest BCUT2D eigenvalue weighted by molar-refractivity contribution is 8.00. The van der Waals surface area contributed by atoms with Crippen molar-refractivity contribution in [3.05, 3.63) is 145 Å². The van der Waals surface area contributed by atoms with E-state index in [2.05, 4.69) is 10.2 Å². The fourth-order valence-corrected chi connectivity index (χ4v) is 8.28. The van der Waals surface area contributed by atoms with Crippen molar-refractivity contribution < 1.29 is 14.0 Å². The molecule has 2 aliphatic rings. The quantitative estimate of drug-likeness (QED) is 0.131. The summed E-state index contributed by atoms with van der Waals surface area (Å²) in [6, 6.07) is 28.9. The highest BCUT2D eigenvalue weighted by Crippen LogP contribution is 2.55. The van der Waals surface area contributed by atoms with Crippen LogP contribution in [-0.4, -0.2) is 22.0 Å². The van der Waals surface area contributed by atoms with Crippen LogP contribution < -0.4 is 15.2 Å². The average Bonchev–Trinajstić information content (AvgIpc) is 3.71. The van der Waals surface area contributed by atoms with E-state index >= 15 is 4.79 Å². The molecule has 2 amide bonds. The average molecular weight is 684 g/mol. The molecule has 0 saturated carbocycles. The molecule has 2 aromatic heterocycles. The second-order valence-electron chi connectivity index (χ2n) is 10.8. The molecule has 0 saturated heterocycles. The number of fused-ring (bicyclic) bond motifs is 5. The smallest absolute Gasteiger partial charge is 0.297 e. The lowest BCUT2D eigenvalue weighted by molar-refractivity contribution is -0.121. The van der Waals surface area contributed by atoms with Crippen LogP contribution in [0, 0.1) is 0 Å². The second kappa shape index (κ2) is 11.1. The maximum Gasteiger partial charge on any atom is 0.297 e. The van der Waals surface area contributed by atoms with Gasteiger partial charge in [0, 0.05) is 21.4 Å². The van der Waals surface area contributed by atoms with Crippen molar-refractivity contribution in [3.63, 3.8) is 0 Å². The van der Waals surface area contributed by atoms with E-state index in [0.717, 1.165) is 11.1 Å². The fraction of sp³-hybridized carbons (Fsp3) is 0.0882. The van der Waals surface area contributed by atoms with Gasteiger partial charge in [0.05, 0.1) is 23.2 Å². The first-order valence-corrected chi connectivity index (χ1v) is 16.7. The number of rotatable bonds is 6. The Labute approximate surface area is 280 Å². The standard InChI is InChI=1S/C34H20Cl2N4O4S2/c35-21-12-10-19(11-13-21)17-39-25-9-5-4-8-24(25)34(31(39)43)27-28(41)23-16-22(36)14-15-26(23)44-29(27)30(42)40(34)32-37-38-33(46-32)45-18-20-6-2-1-3-7-20/h1-16H,17-18H2. The molecule has 1 spiro atoms. The molecule has 4 aromatic carbocycles. The Hall–Kier alpha value is -4.48. The summed E-state index contributed by atoms with van der Waals surface area (Å²) < 4.78 is 6.75. The van der Waals surface area contributed by atoms with Gasteiger partial charge in [-0.15, -0.1) is 10.2 Å². The third-order valence-electron chi connectivity index (χ3n) is 8.13. The number of benzene rings is 4. The first kappa shape index (κ1) is 29.0. The van der Waals surface area contributed by atoms with E-state index in [0.29, 0.717) is 31.4 Å². The third-order valence-corrected chi connectivity index (χ3v) is 10.7. The van der Waals surface area contributed by atoms with Gasteiger partial charge in [0.15, 0.2) is 15.3 Å². The van der Waals surface area contributed by atoms with Crippen molar-refractivity contribution in [2.45, 2.75) is 22.2 Å². The summed E-state index contributed by atoms with van der Waals surface area (Å²) in [5.74, 6) is -0.725. The molecule has 6 aromatic rings. The number of anilines is 2. The Morgan fingerprint density at radius 2 is 1.57 bits per heavy atom. The van der Waals surface area contributed by atoms with E-state index in [-0.39, 0.29) is 34.0 Å². The minimum absolute atomic E-state index is 0.0722. The number of thioether (sulfide) groups is 1. The zero-order valence-corrected chi connectivity index (χ0v) is 26.8. The molecule has 8 nitrogen and oxygen atoms in total. The van der Waals surface area contributed by atoms with Gasteiger partial charge in [0.25, 0.3) is 11.8 Å². The maximum absolute atomic E-state index is 15.1. The number of amides is 2. The zero-order chi connectivity index (χ0) is 31.6. The third kappa shape index (κ3) is 4.39. The van der Waals surface area contributed by atoms with Crippen molar-refractivity contribution in [2.24, 2.45) is 0 Å². The minimum atomic E-state index is -1.90. The molecular formula is C34H20Cl2N4O4S2. The second-order valence-corrected chi connectivity index (χ2v) is 13.8. The van der Waals surface area contributed by atoms with Crippen LogP contribution in [0.5, 0.6) is 0 Å². The van der Waals surface area contributed by atoms with Crippen molar-refractivity contribution >= 4 is 79.9 Å². The Kier molecular flexibility index (Phi) is 6.99. The minimum Gasteiger partial charge on any atom is -0.450 e. The molecule has 0 N–H and O–H groups in total. The lowest BCUT2D eigenvalue weighted by Gasteiger charge is -2.32. The van der Waals surface area contributed by atoms with E-state index in [4.69, 9.17) is 27.6 Å². The highest BCUT2D eigenvalue weighted by Gasteiger charge is 2.66. The molecule has 2 aliphatic heterocycles. The van der Waals surface area contributed by atoms with E-state index < -0.39 is 22.8 Å². The van der Waals surface area contributed by atoms with Crippen molar-refractivity contribution in [1.82, 2.24) is 10.2 Å². The molecule has 0 aliphatic carbocycles. The van der Waals surface area contributed by atoms with Crippen LogP contribution in [-0.2, 0) is 22.6 Å². The SMILES string of the molecule is O=C1c2oc3ccc(Cl)cc3c(=O)c2C2(C(=O)N(Cc3ccc(Cl)cc3)c3ccccc32)N1c1nnc(SCc2ccccc2)s1. The van der Waals surface area contributed by atoms with Crippen molar-refractivity contribution in [1.29, 1.82) is 0 Å². The van der Waals surface area contributed by atoms with Gasteiger partial charge in [0.1, 0.15) is 5.58 Å². The summed E-state index contributed by atoms with van der Waals surface area (Å²) in [7, 11) is 0. The summed E-state index contributed by atoms with van der Waals surface area (Å²) in [6.45, 7) is 0.172. The molecule has 0 bridgehead atoms. The molecule has 1 unspecified atom stereocenters.